The second kappa shape index (κ2) is 7.98. The topological polar surface area (TPSA) is 29.1 Å². The highest BCUT2D eigenvalue weighted by Gasteiger charge is 2.31. The monoisotopic (exact) mass is 351 g/mol. The molecule has 0 radical (unpaired) electrons. The van der Waals surface area contributed by atoms with Crippen LogP contribution in [0.15, 0.2) is 24.3 Å². The lowest BCUT2D eigenvalue weighted by Gasteiger charge is -2.35. The molecule has 0 heterocycles. The summed E-state index contributed by atoms with van der Waals surface area (Å²) in [5.41, 5.74) is 2.79. The molecule has 1 N–H and O–H groups in total. The van der Waals surface area contributed by atoms with Crippen LogP contribution in [0.25, 0.3) is 0 Å². The second-order valence-corrected chi connectivity index (χ2v) is 7.02. The number of amides is 1. The highest BCUT2D eigenvalue weighted by Crippen LogP contribution is 2.37. The van der Waals surface area contributed by atoms with Crippen molar-refractivity contribution < 1.29 is 4.79 Å². The van der Waals surface area contributed by atoms with E-state index in [1.807, 2.05) is 0 Å². The summed E-state index contributed by atoms with van der Waals surface area (Å²) in [6.07, 6.45) is 7.81. The van der Waals surface area contributed by atoms with Crippen LogP contribution in [0.3, 0.4) is 0 Å². The van der Waals surface area contributed by atoms with Gasteiger partial charge in [-0.15, -0.1) is 0 Å². The number of carbonyl (C=O) groups is 1. The fraction of sp³-hybridized carbons (Fsp3) is 0.611. The fourth-order valence-electron chi connectivity index (χ4n) is 3.16. The Kier molecular flexibility index (Phi) is 6.28. The van der Waals surface area contributed by atoms with Crippen molar-refractivity contribution in [3.05, 3.63) is 35.4 Å². The van der Waals surface area contributed by atoms with Crippen molar-refractivity contribution in [3.63, 3.8) is 0 Å². The van der Waals surface area contributed by atoms with Crippen LogP contribution in [0.5, 0.6) is 0 Å². The summed E-state index contributed by atoms with van der Waals surface area (Å²) >= 11 is 3.65. The minimum Gasteiger partial charge on any atom is -0.356 e. The molecular formula is C18H26BrNO. The zero-order valence-corrected chi connectivity index (χ0v) is 14.5. The summed E-state index contributed by atoms with van der Waals surface area (Å²) in [6, 6.07) is 8.41. The highest BCUT2D eigenvalue weighted by atomic mass is 79.9. The van der Waals surface area contributed by atoms with Crippen molar-refractivity contribution in [2.45, 2.75) is 51.9 Å². The summed E-state index contributed by atoms with van der Waals surface area (Å²) in [5, 5.41) is 4.16. The smallest absolute Gasteiger partial charge is 0.220 e. The lowest BCUT2D eigenvalue weighted by molar-refractivity contribution is -0.121. The third-order valence-corrected chi connectivity index (χ3v) is 5.77. The number of nitrogens with one attached hydrogen (secondary N) is 1. The molecular weight excluding hydrogens is 326 g/mol. The van der Waals surface area contributed by atoms with Crippen molar-refractivity contribution in [1.82, 2.24) is 5.32 Å². The van der Waals surface area contributed by atoms with E-state index in [4.69, 9.17) is 0 Å². The molecule has 0 aliphatic heterocycles. The summed E-state index contributed by atoms with van der Waals surface area (Å²) in [7, 11) is 0. The minimum absolute atomic E-state index is 0.183. The first-order chi connectivity index (χ1) is 10.1. The molecule has 0 spiro atoms. The van der Waals surface area contributed by atoms with Crippen LogP contribution in [0, 0.1) is 12.3 Å². The van der Waals surface area contributed by atoms with Crippen molar-refractivity contribution in [3.8, 4) is 0 Å². The van der Waals surface area contributed by atoms with E-state index in [9.17, 15) is 4.79 Å². The van der Waals surface area contributed by atoms with E-state index >= 15 is 0 Å². The van der Waals surface area contributed by atoms with Gasteiger partial charge in [-0.05, 0) is 37.2 Å². The third kappa shape index (κ3) is 5.14. The van der Waals surface area contributed by atoms with Crippen molar-refractivity contribution >= 4 is 21.8 Å². The Bertz CT molecular complexity index is 466. The van der Waals surface area contributed by atoms with Crippen molar-refractivity contribution in [2.24, 2.45) is 5.41 Å². The van der Waals surface area contributed by atoms with Gasteiger partial charge in [-0.3, -0.25) is 4.79 Å². The quantitative estimate of drug-likeness (QED) is 0.756. The lowest BCUT2D eigenvalue weighted by Crippen LogP contribution is -2.40. The molecule has 1 aliphatic rings. The van der Waals surface area contributed by atoms with Crippen molar-refractivity contribution in [2.75, 3.05) is 11.9 Å². The van der Waals surface area contributed by atoms with Crippen LogP contribution in [-0.4, -0.2) is 17.8 Å². The molecule has 1 fully saturated rings. The van der Waals surface area contributed by atoms with Crippen LogP contribution in [0.2, 0.25) is 0 Å². The number of hydrogen-bond acceptors (Lipinski definition) is 1. The highest BCUT2D eigenvalue weighted by molar-refractivity contribution is 9.09. The first-order valence-electron chi connectivity index (χ1n) is 8.02. The average Bonchev–Trinajstić information content (AvgIpc) is 2.52. The molecule has 21 heavy (non-hydrogen) atoms. The first-order valence-corrected chi connectivity index (χ1v) is 9.14. The lowest BCUT2D eigenvalue weighted by atomic mass is 9.75. The van der Waals surface area contributed by atoms with E-state index in [1.54, 1.807) is 0 Å². The van der Waals surface area contributed by atoms with Gasteiger partial charge >= 0.3 is 0 Å². The summed E-state index contributed by atoms with van der Waals surface area (Å²) < 4.78 is 0. The Morgan fingerprint density at radius 1 is 1.29 bits per heavy atom. The zero-order valence-electron chi connectivity index (χ0n) is 13.0. The molecule has 2 rings (SSSR count). The molecule has 2 nitrogen and oxygen atoms in total. The molecule has 0 atom stereocenters. The molecule has 0 saturated heterocycles. The van der Waals surface area contributed by atoms with Crippen LogP contribution < -0.4 is 5.32 Å². The summed E-state index contributed by atoms with van der Waals surface area (Å²) in [4.78, 5) is 12.1. The molecule has 0 bridgehead atoms. The average molecular weight is 352 g/mol. The number of benzene rings is 1. The summed E-state index contributed by atoms with van der Waals surface area (Å²) in [6.45, 7) is 2.91. The fourth-order valence-corrected chi connectivity index (χ4v) is 3.92. The Hall–Kier alpha value is -0.830. The maximum absolute atomic E-state index is 12.1. The van der Waals surface area contributed by atoms with Gasteiger partial charge in [-0.1, -0.05) is 65.0 Å². The van der Waals surface area contributed by atoms with E-state index in [1.165, 1.54) is 43.2 Å². The number of carbonyl (C=O) groups excluding carboxylic acids is 1. The molecule has 1 aliphatic carbocycles. The van der Waals surface area contributed by atoms with Gasteiger partial charge in [0.2, 0.25) is 5.91 Å². The Morgan fingerprint density at radius 3 is 2.71 bits per heavy atom. The molecule has 1 aromatic carbocycles. The van der Waals surface area contributed by atoms with E-state index in [2.05, 4.69) is 52.4 Å². The SMILES string of the molecule is Cc1cccc(CCC(=O)NCC2(CBr)CCCCC2)c1. The first kappa shape index (κ1) is 16.5. The third-order valence-electron chi connectivity index (χ3n) is 4.58. The Labute approximate surface area is 136 Å². The van der Waals surface area contributed by atoms with E-state index in [0.717, 1.165) is 18.3 Å². The van der Waals surface area contributed by atoms with Gasteiger partial charge in [0.1, 0.15) is 0 Å². The van der Waals surface area contributed by atoms with Gasteiger partial charge in [0.05, 0.1) is 0 Å². The number of aryl methyl sites for hydroxylation is 2. The molecule has 1 aromatic rings. The predicted octanol–water partition coefficient (Wildman–Crippen LogP) is 4.39. The van der Waals surface area contributed by atoms with E-state index in [0.29, 0.717) is 6.42 Å². The number of alkyl halides is 1. The molecule has 116 valence electrons. The van der Waals surface area contributed by atoms with Crippen LogP contribution >= 0.6 is 15.9 Å². The molecule has 0 unspecified atom stereocenters. The normalized spacial score (nSPS) is 17.4. The van der Waals surface area contributed by atoms with Gasteiger partial charge in [-0.25, -0.2) is 0 Å². The number of hydrogen-bond donors (Lipinski definition) is 1. The summed E-state index contributed by atoms with van der Waals surface area (Å²) in [5.74, 6) is 0.183. The maximum atomic E-state index is 12.1. The van der Waals surface area contributed by atoms with Crippen molar-refractivity contribution in [1.29, 1.82) is 0 Å². The number of rotatable bonds is 6. The molecule has 0 aromatic heterocycles. The largest absolute Gasteiger partial charge is 0.356 e. The zero-order chi connectivity index (χ0) is 15.1. The van der Waals surface area contributed by atoms with Crippen LogP contribution in [-0.2, 0) is 11.2 Å². The standard InChI is InChI=1S/C18H26BrNO/c1-15-6-5-7-16(12-15)8-9-17(21)20-14-18(13-19)10-3-2-4-11-18/h5-7,12H,2-4,8-11,13-14H2,1H3,(H,20,21). The molecule has 3 heteroatoms. The molecule has 1 amide bonds. The Morgan fingerprint density at radius 2 is 2.05 bits per heavy atom. The van der Waals surface area contributed by atoms with Crippen LogP contribution in [0.4, 0.5) is 0 Å². The van der Waals surface area contributed by atoms with Gasteiger partial charge in [0.15, 0.2) is 0 Å². The molecule has 1 saturated carbocycles. The second-order valence-electron chi connectivity index (χ2n) is 6.46. The minimum atomic E-state index is 0.183. The van der Waals surface area contributed by atoms with Gasteiger partial charge in [-0.2, -0.15) is 0 Å². The van der Waals surface area contributed by atoms with E-state index < -0.39 is 0 Å². The number of halogens is 1. The maximum Gasteiger partial charge on any atom is 0.220 e. The van der Waals surface area contributed by atoms with Gasteiger partial charge < -0.3 is 5.32 Å². The van der Waals surface area contributed by atoms with E-state index in [-0.39, 0.29) is 11.3 Å². The van der Waals surface area contributed by atoms with Gasteiger partial charge in [0.25, 0.3) is 0 Å². The Balaban J connectivity index is 1.76. The van der Waals surface area contributed by atoms with Gasteiger partial charge in [0, 0.05) is 18.3 Å². The van der Waals surface area contributed by atoms with Crippen LogP contribution in [0.1, 0.15) is 49.7 Å². The predicted molar refractivity (Wildman–Crippen MR) is 91.8 cm³/mol.